The number of amides is 1. The SMILES string of the molecule is C#CCNC(=O)[C@H](C)CC. The van der Waals surface area contributed by atoms with E-state index in [1.807, 2.05) is 13.8 Å². The van der Waals surface area contributed by atoms with Gasteiger partial charge in [-0.2, -0.15) is 0 Å². The average molecular weight is 139 g/mol. The van der Waals surface area contributed by atoms with Crippen molar-refractivity contribution >= 4 is 5.91 Å². The number of rotatable bonds is 3. The second kappa shape index (κ2) is 4.87. The summed E-state index contributed by atoms with van der Waals surface area (Å²) in [7, 11) is 0. The van der Waals surface area contributed by atoms with Gasteiger partial charge in [-0.3, -0.25) is 4.79 Å². The van der Waals surface area contributed by atoms with E-state index >= 15 is 0 Å². The minimum Gasteiger partial charge on any atom is -0.345 e. The third-order valence-electron chi connectivity index (χ3n) is 1.42. The number of carbonyl (C=O) groups excluding carboxylic acids is 1. The van der Waals surface area contributed by atoms with Crippen LogP contribution in [-0.2, 0) is 4.79 Å². The minimum atomic E-state index is 0.0421. The minimum absolute atomic E-state index is 0.0421. The van der Waals surface area contributed by atoms with Gasteiger partial charge in [-0.1, -0.05) is 19.8 Å². The highest BCUT2D eigenvalue weighted by Crippen LogP contribution is 1.98. The van der Waals surface area contributed by atoms with Gasteiger partial charge in [0.15, 0.2) is 0 Å². The standard InChI is InChI=1S/C8H13NO/c1-4-6-9-8(10)7(3)5-2/h1,7H,5-6H2,2-3H3,(H,9,10)/t7-/m1/s1. The number of hydrogen-bond donors (Lipinski definition) is 1. The van der Waals surface area contributed by atoms with Gasteiger partial charge in [0.2, 0.25) is 5.91 Å². The maximum Gasteiger partial charge on any atom is 0.223 e. The van der Waals surface area contributed by atoms with Crippen molar-refractivity contribution in [1.29, 1.82) is 0 Å². The maximum absolute atomic E-state index is 10.9. The summed E-state index contributed by atoms with van der Waals surface area (Å²) in [5.74, 6) is 2.46. The molecule has 0 fully saturated rings. The van der Waals surface area contributed by atoms with E-state index in [0.717, 1.165) is 6.42 Å². The topological polar surface area (TPSA) is 29.1 Å². The number of nitrogens with one attached hydrogen (secondary N) is 1. The second-order valence-corrected chi connectivity index (χ2v) is 2.23. The Morgan fingerprint density at radius 1 is 1.80 bits per heavy atom. The Morgan fingerprint density at radius 3 is 2.80 bits per heavy atom. The smallest absolute Gasteiger partial charge is 0.223 e. The molecule has 0 saturated heterocycles. The van der Waals surface area contributed by atoms with Gasteiger partial charge in [-0.15, -0.1) is 6.42 Å². The van der Waals surface area contributed by atoms with Crippen LogP contribution in [0.25, 0.3) is 0 Å². The summed E-state index contributed by atoms with van der Waals surface area (Å²) in [5.41, 5.74) is 0. The molecule has 0 spiro atoms. The summed E-state index contributed by atoms with van der Waals surface area (Å²) < 4.78 is 0. The zero-order chi connectivity index (χ0) is 7.98. The van der Waals surface area contributed by atoms with E-state index in [1.165, 1.54) is 0 Å². The molecule has 0 aromatic rings. The molecule has 0 radical (unpaired) electrons. The van der Waals surface area contributed by atoms with Gasteiger partial charge in [0, 0.05) is 5.92 Å². The molecule has 0 aliphatic carbocycles. The lowest BCUT2D eigenvalue weighted by Gasteiger charge is -2.06. The lowest BCUT2D eigenvalue weighted by atomic mass is 10.1. The second-order valence-electron chi connectivity index (χ2n) is 2.23. The molecule has 56 valence electrons. The van der Waals surface area contributed by atoms with Crippen LogP contribution >= 0.6 is 0 Å². The summed E-state index contributed by atoms with van der Waals surface area (Å²) in [6.07, 6.45) is 5.81. The lowest BCUT2D eigenvalue weighted by Crippen LogP contribution is -2.28. The Hall–Kier alpha value is -0.970. The van der Waals surface area contributed by atoms with Crippen LogP contribution in [0.15, 0.2) is 0 Å². The first-order chi connectivity index (χ1) is 4.72. The largest absolute Gasteiger partial charge is 0.345 e. The molecule has 0 saturated carbocycles. The predicted molar refractivity (Wildman–Crippen MR) is 41.3 cm³/mol. The molecule has 0 heterocycles. The highest BCUT2D eigenvalue weighted by molar-refractivity contribution is 5.78. The summed E-state index contributed by atoms with van der Waals surface area (Å²) >= 11 is 0. The first-order valence-electron chi connectivity index (χ1n) is 3.43. The quantitative estimate of drug-likeness (QED) is 0.575. The van der Waals surface area contributed by atoms with Crippen molar-refractivity contribution in [2.24, 2.45) is 5.92 Å². The van der Waals surface area contributed by atoms with Gasteiger partial charge < -0.3 is 5.32 Å². The monoisotopic (exact) mass is 139 g/mol. The van der Waals surface area contributed by atoms with Crippen molar-refractivity contribution in [1.82, 2.24) is 5.32 Å². The van der Waals surface area contributed by atoms with Gasteiger partial charge in [0.25, 0.3) is 0 Å². The van der Waals surface area contributed by atoms with Crippen LogP contribution in [0.5, 0.6) is 0 Å². The van der Waals surface area contributed by atoms with Gasteiger partial charge in [-0.25, -0.2) is 0 Å². The van der Waals surface area contributed by atoms with E-state index in [9.17, 15) is 4.79 Å². The fraction of sp³-hybridized carbons (Fsp3) is 0.625. The first-order valence-corrected chi connectivity index (χ1v) is 3.43. The third-order valence-corrected chi connectivity index (χ3v) is 1.42. The average Bonchev–Trinajstić information content (AvgIpc) is 1.98. The Bertz CT molecular complexity index is 146. The van der Waals surface area contributed by atoms with E-state index in [-0.39, 0.29) is 11.8 Å². The summed E-state index contributed by atoms with van der Waals surface area (Å²) in [5, 5.41) is 2.61. The molecule has 0 bridgehead atoms. The normalized spacial score (nSPS) is 11.7. The molecule has 0 aromatic heterocycles. The van der Waals surface area contributed by atoms with Crippen LogP contribution in [0.1, 0.15) is 20.3 Å². The van der Waals surface area contributed by atoms with Crippen molar-refractivity contribution in [2.45, 2.75) is 20.3 Å². The van der Waals surface area contributed by atoms with Gasteiger partial charge in [-0.05, 0) is 6.42 Å². The molecule has 0 rings (SSSR count). The fourth-order valence-corrected chi connectivity index (χ4v) is 0.498. The van der Waals surface area contributed by atoms with Gasteiger partial charge >= 0.3 is 0 Å². The van der Waals surface area contributed by atoms with Crippen molar-refractivity contribution in [3.8, 4) is 12.3 Å². The van der Waals surface area contributed by atoms with Crippen molar-refractivity contribution < 1.29 is 4.79 Å². The van der Waals surface area contributed by atoms with Crippen LogP contribution in [0.4, 0.5) is 0 Å². The summed E-state index contributed by atoms with van der Waals surface area (Å²) in [6, 6.07) is 0. The molecular formula is C8H13NO. The van der Waals surface area contributed by atoms with E-state index in [2.05, 4.69) is 11.2 Å². The molecule has 10 heavy (non-hydrogen) atoms. The Balaban J connectivity index is 3.54. The molecule has 0 aliphatic heterocycles. The number of carbonyl (C=O) groups is 1. The fourth-order valence-electron chi connectivity index (χ4n) is 0.498. The number of hydrogen-bond acceptors (Lipinski definition) is 1. The van der Waals surface area contributed by atoms with E-state index in [1.54, 1.807) is 0 Å². The Kier molecular flexibility index (Phi) is 4.39. The molecule has 1 atom stereocenters. The molecule has 0 aromatic carbocycles. The Labute approximate surface area is 62.0 Å². The van der Waals surface area contributed by atoms with Gasteiger partial charge in [0.1, 0.15) is 0 Å². The van der Waals surface area contributed by atoms with Gasteiger partial charge in [0.05, 0.1) is 6.54 Å². The van der Waals surface area contributed by atoms with Crippen molar-refractivity contribution in [3.63, 3.8) is 0 Å². The van der Waals surface area contributed by atoms with E-state index < -0.39 is 0 Å². The summed E-state index contributed by atoms with van der Waals surface area (Å²) in [4.78, 5) is 10.9. The predicted octanol–water partition coefficient (Wildman–Crippen LogP) is 0.782. The van der Waals surface area contributed by atoms with Crippen LogP contribution in [0.2, 0.25) is 0 Å². The van der Waals surface area contributed by atoms with Crippen LogP contribution in [0.3, 0.4) is 0 Å². The highest BCUT2D eigenvalue weighted by Gasteiger charge is 2.07. The molecule has 1 amide bonds. The van der Waals surface area contributed by atoms with E-state index in [0.29, 0.717) is 6.54 Å². The molecule has 0 unspecified atom stereocenters. The number of terminal acetylenes is 1. The molecular weight excluding hydrogens is 126 g/mol. The first kappa shape index (κ1) is 9.03. The van der Waals surface area contributed by atoms with Crippen LogP contribution < -0.4 is 5.32 Å². The summed E-state index contributed by atoms with van der Waals surface area (Å²) in [6.45, 7) is 4.19. The van der Waals surface area contributed by atoms with Crippen LogP contribution in [-0.4, -0.2) is 12.5 Å². The van der Waals surface area contributed by atoms with E-state index in [4.69, 9.17) is 6.42 Å². The third kappa shape index (κ3) is 3.13. The molecule has 0 aliphatic rings. The molecule has 2 nitrogen and oxygen atoms in total. The highest BCUT2D eigenvalue weighted by atomic mass is 16.1. The lowest BCUT2D eigenvalue weighted by molar-refractivity contribution is -0.124. The van der Waals surface area contributed by atoms with Crippen LogP contribution in [0, 0.1) is 18.3 Å². The Morgan fingerprint density at radius 2 is 2.40 bits per heavy atom. The van der Waals surface area contributed by atoms with Crippen molar-refractivity contribution in [3.05, 3.63) is 0 Å². The maximum atomic E-state index is 10.9. The molecule has 1 N–H and O–H groups in total. The molecule has 2 heteroatoms. The zero-order valence-electron chi connectivity index (χ0n) is 6.48. The van der Waals surface area contributed by atoms with Crippen molar-refractivity contribution in [2.75, 3.05) is 6.54 Å². The zero-order valence-corrected chi connectivity index (χ0v) is 6.48.